The second-order valence-corrected chi connectivity index (χ2v) is 3.15. The topological polar surface area (TPSA) is 74.2 Å². The zero-order valence-electron chi connectivity index (χ0n) is 7.90. The molecule has 0 aliphatic heterocycles. The number of ether oxygens (including phenoxy) is 1. The van der Waals surface area contributed by atoms with Crippen molar-refractivity contribution in [1.82, 2.24) is 9.97 Å². The van der Waals surface area contributed by atoms with E-state index in [0.29, 0.717) is 22.2 Å². The van der Waals surface area contributed by atoms with Gasteiger partial charge in [0.05, 0.1) is 23.9 Å². The SMILES string of the molecule is COc1nccc(Cl)c1-c1cnc(N)o1. The van der Waals surface area contributed by atoms with E-state index in [0.717, 1.165) is 0 Å². The molecule has 15 heavy (non-hydrogen) atoms. The largest absolute Gasteiger partial charge is 0.480 e. The number of methoxy groups -OCH3 is 1. The maximum absolute atomic E-state index is 6.00. The quantitative estimate of drug-likeness (QED) is 0.846. The third-order valence-electron chi connectivity index (χ3n) is 1.83. The molecule has 78 valence electrons. The van der Waals surface area contributed by atoms with Crippen LogP contribution in [-0.2, 0) is 0 Å². The number of pyridine rings is 1. The fourth-order valence-electron chi connectivity index (χ4n) is 1.20. The van der Waals surface area contributed by atoms with Crippen molar-refractivity contribution in [2.75, 3.05) is 12.8 Å². The second-order valence-electron chi connectivity index (χ2n) is 2.74. The standard InChI is InChI=1S/C9H8ClN3O2/c1-14-8-7(5(10)2-3-12-8)6-4-13-9(11)15-6/h2-4H,1H3,(H2,11,13). The number of nitrogens with zero attached hydrogens (tertiary/aromatic N) is 2. The van der Waals surface area contributed by atoms with Crippen molar-refractivity contribution in [3.8, 4) is 17.2 Å². The molecule has 0 spiro atoms. The van der Waals surface area contributed by atoms with Gasteiger partial charge in [0.1, 0.15) is 0 Å². The number of nitrogen functional groups attached to an aromatic ring is 1. The lowest BCUT2D eigenvalue weighted by molar-refractivity contribution is 0.398. The van der Waals surface area contributed by atoms with Crippen LogP contribution in [0.5, 0.6) is 5.88 Å². The minimum atomic E-state index is 0.0759. The lowest BCUT2D eigenvalue weighted by Gasteiger charge is -2.05. The Balaban J connectivity index is 2.60. The Morgan fingerprint density at radius 2 is 2.27 bits per heavy atom. The Bertz CT molecular complexity index is 484. The van der Waals surface area contributed by atoms with Gasteiger partial charge in [-0.1, -0.05) is 11.6 Å². The summed E-state index contributed by atoms with van der Waals surface area (Å²) in [6, 6.07) is 1.71. The number of anilines is 1. The first-order chi connectivity index (χ1) is 7.22. The van der Waals surface area contributed by atoms with E-state index in [1.54, 1.807) is 12.3 Å². The summed E-state index contributed by atoms with van der Waals surface area (Å²) in [7, 11) is 1.50. The minimum Gasteiger partial charge on any atom is -0.480 e. The molecule has 0 amide bonds. The average molecular weight is 226 g/mol. The summed E-state index contributed by atoms with van der Waals surface area (Å²) >= 11 is 6.00. The monoisotopic (exact) mass is 225 g/mol. The van der Waals surface area contributed by atoms with Gasteiger partial charge in [-0.2, -0.15) is 0 Å². The molecule has 2 aromatic heterocycles. The summed E-state index contributed by atoms with van der Waals surface area (Å²) in [5.41, 5.74) is 5.92. The Labute approximate surface area is 90.8 Å². The highest BCUT2D eigenvalue weighted by molar-refractivity contribution is 6.33. The van der Waals surface area contributed by atoms with Gasteiger partial charge in [0.25, 0.3) is 6.01 Å². The molecule has 0 saturated heterocycles. The predicted octanol–water partition coefficient (Wildman–Crippen LogP) is 1.98. The minimum absolute atomic E-state index is 0.0759. The number of aromatic nitrogens is 2. The third-order valence-corrected chi connectivity index (χ3v) is 2.14. The van der Waals surface area contributed by atoms with Crippen LogP contribution in [0.2, 0.25) is 5.02 Å². The number of rotatable bonds is 2. The summed E-state index contributed by atoms with van der Waals surface area (Å²) in [6.45, 7) is 0. The average Bonchev–Trinajstić information content (AvgIpc) is 2.64. The van der Waals surface area contributed by atoms with E-state index in [-0.39, 0.29) is 6.01 Å². The molecule has 0 atom stereocenters. The molecule has 2 rings (SSSR count). The van der Waals surface area contributed by atoms with E-state index in [1.165, 1.54) is 13.3 Å². The molecule has 0 aliphatic carbocycles. The smallest absolute Gasteiger partial charge is 0.292 e. The lowest BCUT2D eigenvalue weighted by atomic mass is 10.2. The highest BCUT2D eigenvalue weighted by Crippen LogP contribution is 2.35. The summed E-state index contributed by atoms with van der Waals surface area (Å²) in [5.74, 6) is 0.807. The number of halogens is 1. The normalized spacial score (nSPS) is 10.3. The van der Waals surface area contributed by atoms with Crippen LogP contribution < -0.4 is 10.5 Å². The van der Waals surface area contributed by atoms with Gasteiger partial charge in [-0.25, -0.2) is 9.97 Å². The first-order valence-electron chi connectivity index (χ1n) is 4.12. The van der Waals surface area contributed by atoms with Gasteiger partial charge in [0.15, 0.2) is 5.76 Å². The molecule has 2 N–H and O–H groups in total. The van der Waals surface area contributed by atoms with E-state index >= 15 is 0 Å². The molecular formula is C9H8ClN3O2. The van der Waals surface area contributed by atoms with Crippen LogP contribution in [0.15, 0.2) is 22.9 Å². The molecular weight excluding hydrogens is 218 g/mol. The molecule has 0 radical (unpaired) electrons. The number of oxazole rings is 1. The highest BCUT2D eigenvalue weighted by atomic mass is 35.5. The molecule has 0 saturated carbocycles. The van der Waals surface area contributed by atoms with Crippen molar-refractivity contribution in [2.45, 2.75) is 0 Å². The van der Waals surface area contributed by atoms with Gasteiger partial charge in [0.2, 0.25) is 5.88 Å². The van der Waals surface area contributed by atoms with Crippen LogP contribution in [0, 0.1) is 0 Å². The van der Waals surface area contributed by atoms with Gasteiger partial charge in [0, 0.05) is 6.20 Å². The summed E-state index contributed by atoms with van der Waals surface area (Å²) in [5, 5.41) is 0.470. The first-order valence-corrected chi connectivity index (χ1v) is 4.50. The van der Waals surface area contributed by atoms with Crippen molar-refractivity contribution >= 4 is 17.6 Å². The molecule has 0 aromatic carbocycles. The van der Waals surface area contributed by atoms with E-state index < -0.39 is 0 Å². The third kappa shape index (κ3) is 1.73. The molecule has 5 nitrogen and oxygen atoms in total. The van der Waals surface area contributed by atoms with Crippen molar-refractivity contribution < 1.29 is 9.15 Å². The number of nitrogens with two attached hydrogens (primary N) is 1. The van der Waals surface area contributed by atoms with Gasteiger partial charge >= 0.3 is 0 Å². The van der Waals surface area contributed by atoms with E-state index in [4.69, 9.17) is 26.5 Å². The zero-order chi connectivity index (χ0) is 10.8. The van der Waals surface area contributed by atoms with Crippen LogP contribution >= 0.6 is 11.6 Å². The number of hydrogen-bond donors (Lipinski definition) is 1. The highest BCUT2D eigenvalue weighted by Gasteiger charge is 2.15. The van der Waals surface area contributed by atoms with Gasteiger partial charge in [-0.3, -0.25) is 0 Å². The van der Waals surface area contributed by atoms with E-state index in [2.05, 4.69) is 9.97 Å². The lowest BCUT2D eigenvalue weighted by Crippen LogP contribution is -1.91. The van der Waals surface area contributed by atoms with Gasteiger partial charge in [-0.05, 0) is 6.07 Å². The van der Waals surface area contributed by atoms with Crippen molar-refractivity contribution in [3.63, 3.8) is 0 Å². The Morgan fingerprint density at radius 1 is 1.47 bits per heavy atom. The Hall–Kier alpha value is -1.75. The molecule has 2 aromatic rings. The van der Waals surface area contributed by atoms with Crippen LogP contribution in [0.3, 0.4) is 0 Å². The predicted molar refractivity (Wildman–Crippen MR) is 55.7 cm³/mol. The Kier molecular flexibility index (Phi) is 2.47. The van der Waals surface area contributed by atoms with Crippen LogP contribution in [-0.4, -0.2) is 17.1 Å². The van der Waals surface area contributed by atoms with E-state index in [1.807, 2.05) is 0 Å². The summed E-state index contributed by atoms with van der Waals surface area (Å²) < 4.78 is 10.2. The van der Waals surface area contributed by atoms with E-state index in [9.17, 15) is 0 Å². The van der Waals surface area contributed by atoms with Crippen molar-refractivity contribution in [3.05, 3.63) is 23.5 Å². The molecule has 0 fully saturated rings. The van der Waals surface area contributed by atoms with Gasteiger partial charge < -0.3 is 14.9 Å². The molecule has 6 heteroatoms. The molecule has 0 bridgehead atoms. The summed E-state index contributed by atoms with van der Waals surface area (Å²) in [4.78, 5) is 7.79. The maximum atomic E-state index is 6.00. The number of hydrogen-bond acceptors (Lipinski definition) is 5. The van der Waals surface area contributed by atoms with Crippen LogP contribution in [0.25, 0.3) is 11.3 Å². The molecule has 2 heterocycles. The zero-order valence-corrected chi connectivity index (χ0v) is 8.65. The molecule has 0 aliphatic rings. The summed E-state index contributed by atoms with van der Waals surface area (Å²) in [6.07, 6.45) is 3.02. The second kappa shape index (κ2) is 3.78. The fraction of sp³-hybridized carbons (Fsp3) is 0.111. The fourth-order valence-corrected chi connectivity index (χ4v) is 1.43. The van der Waals surface area contributed by atoms with Crippen molar-refractivity contribution in [2.24, 2.45) is 0 Å². The van der Waals surface area contributed by atoms with Crippen LogP contribution in [0.1, 0.15) is 0 Å². The van der Waals surface area contributed by atoms with Crippen LogP contribution in [0.4, 0.5) is 6.01 Å². The maximum Gasteiger partial charge on any atom is 0.292 e. The Morgan fingerprint density at radius 3 is 2.87 bits per heavy atom. The first kappa shape index (κ1) is 9.79. The van der Waals surface area contributed by atoms with Crippen molar-refractivity contribution in [1.29, 1.82) is 0 Å². The molecule has 0 unspecified atom stereocenters. The van der Waals surface area contributed by atoms with Gasteiger partial charge in [-0.15, -0.1) is 0 Å².